The van der Waals surface area contributed by atoms with E-state index in [0.717, 1.165) is 11.3 Å². The molecular formula is C18H20N2O2S. The zero-order chi connectivity index (χ0) is 16.7. The van der Waals surface area contributed by atoms with Crippen molar-refractivity contribution in [3.63, 3.8) is 0 Å². The Morgan fingerprint density at radius 2 is 1.78 bits per heavy atom. The molecule has 1 N–H and O–H groups in total. The zero-order valence-corrected chi connectivity index (χ0v) is 14.1. The minimum Gasteiger partial charge on any atom is -0.483 e. The Bertz CT molecular complexity index is 674. The third-order valence-corrected chi connectivity index (χ3v) is 3.65. The number of para-hydroxylation sites is 2. The van der Waals surface area contributed by atoms with E-state index in [9.17, 15) is 4.79 Å². The minimum absolute atomic E-state index is 0.0721. The second kappa shape index (κ2) is 8.29. The summed E-state index contributed by atoms with van der Waals surface area (Å²) in [4.78, 5) is 13.9. The highest BCUT2D eigenvalue weighted by Gasteiger charge is 2.13. The van der Waals surface area contributed by atoms with Gasteiger partial charge in [-0.1, -0.05) is 36.4 Å². The largest absolute Gasteiger partial charge is 0.483 e. The molecule has 0 spiro atoms. The summed E-state index contributed by atoms with van der Waals surface area (Å²) in [7, 11) is 0. The lowest BCUT2D eigenvalue weighted by Crippen LogP contribution is -2.44. The Hall–Kier alpha value is -2.40. The summed E-state index contributed by atoms with van der Waals surface area (Å²) in [5.74, 6) is 0.427. The first-order valence-corrected chi connectivity index (χ1v) is 7.87. The van der Waals surface area contributed by atoms with E-state index in [1.807, 2.05) is 73.3 Å². The molecule has 4 nitrogen and oxygen atoms in total. The molecule has 23 heavy (non-hydrogen) atoms. The van der Waals surface area contributed by atoms with Crippen molar-refractivity contribution in [1.29, 1.82) is 0 Å². The topological polar surface area (TPSA) is 41.6 Å². The fourth-order valence-electron chi connectivity index (χ4n) is 2.14. The van der Waals surface area contributed by atoms with Gasteiger partial charge in [0.1, 0.15) is 5.75 Å². The van der Waals surface area contributed by atoms with Crippen LogP contribution in [0.4, 0.5) is 5.69 Å². The molecule has 0 radical (unpaired) electrons. The van der Waals surface area contributed by atoms with Gasteiger partial charge in [-0.15, -0.1) is 0 Å². The molecule has 0 unspecified atom stereocenters. The van der Waals surface area contributed by atoms with Crippen molar-refractivity contribution in [1.82, 2.24) is 5.32 Å². The first kappa shape index (κ1) is 17.0. The summed E-state index contributed by atoms with van der Waals surface area (Å²) in [5, 5.41) is 3.08. The molecule has 0 heterocycles. The fourth-order valence-corrected chi connectivity index (χ4v) is 2.48. The first-order chi connectivity index (χ1) is 11.1. The van der Waals surface area contributed by atoms with Gasteiger partial charge < -0.3 is 9.64 Å². The molecule has 2 aromatic rings. The van der Waals surface area contributed by atoms with Gasteiger partial charge in [0.2, 0.25) is 0 Å². The number of thiocarbonyl (C=S) groups is 1. The molecule has 0 aliphatic rings. The van der Waals surface area contributed by atoms with Crippen LogP contribution in [0, 0.1) is 6.92 Å². The molecule has 0 aliphatic carbocycles. The Labute approximate surface area is 142 Å². The minimum atomic E-state index is -0.271. The van der Waals surface area contributed by atoms with Crippen LogP contribution < -0.4 is 15.0 Å². The van der Waals surface area contributed by atoms with Crippen LogP contribution in [0.15, 0.2) is 54.6 Å². The number of nitrogens with one attached hydrogen (secondary N) is 1. The van der Waals surface area contributed by atoms with Gasteiger partial charge in [-0.25, -0.2) is 0 Å². The summed E-state index contributed by atoms with van der Waals surface area (Å²) in [5.41, 5.74) is 1.93. The lowest BCUT2D eigenvalue weighted by Gasteiger charge is -2.23. The van der Waals surface area contributed by atoms with Crippen molar-refractivity contribution in [2.24, 2.45) is 0 Å². The predicted molar refractivity (Wildman–Crippen MR) is 96.9 cm³/mol. The molecule has 2 rings (SSSR count). The molecule has 0 bridgehead atoms. The smallest absolute Gasteiger partial charge is 0.264 e. The molecule has 5 heteroatoms. The number of anilines is 1. The van der Waals surface area contributed by atoms with E-state index >= 15 is 0 Å². The number of hydrogen-bond donors (Lipinski definition) is 1. The standard InChI is InChI=1S/C18H20N2O2S/c1-3-20(15-10-5-4-6-11-15)18(23)19-17(21)13-22-16-12-8-7-9-14(16)2/h4-12H,3,13H2,1-2H3,(H,19,21,23). The molecule has 0 aromatic heterocycles. The van der Waals surface area contributed by atoms with Gasteiger partial charge in [0.25, 0.3) is 5.91 Å². The van der Waals surface area contributed by atoms with Crippen LogP contribution in [0.2, 0.25) is 0 Å². The van der Waals surface area contributed by atoms with Crippen molar-refractivity contribution in [3.05, 3.63) is 60.2 Å². The Morgan fingerprint density at radius 3 is 2.43 bits per heavy atom. The summed E-state index contributed by atoms with van der Waals surface area (Å²) >= 11 is 5.33. The molecule has 1 amide bonds. The molecule has 0 saturated carbocycles. The Balaban J connectivity index is 1.91. The molecule has 0 fully saturated rings. The molecule has 2 aromatic carbocycles. The quantitative estimate of drug-likeness (QED) is 0.855. The van der Waals surface area contributed by atoms with Crippen molar-refractivity contribution in [3.8, 4) is 5.75 Å². The number of rotatable bonds is 5. The van der Waals surface area contributed by atoms with E-state index in [-0.39, 0.29) is 12.5 Å². The van der Waals surface area contributed by atoms with Gasteiger partial charge in [0.05, 0.1) is 0 Å². The van der Waals surface area contributed by atoms with Crippen LogP contribution in [0.1, 0.15) is 12.5 Å². The number of benzene rings is 2. The SMILES string of the molecule is CCN(C(=S)NC(=O)COc1ccccc1C)c1ccccc1. The number of nitrogens with zero attached hydrogens (tertiary/aromatic N) is 1. The first-order valence-electron chi connectivity index (χ1n) is 7.46. The number of amides is 1. The van der Waals surface area contributed by atoms with Gasteiger partial charge in [0, 0.05) is 12.2 Å². The van der Waals surface area contributed by atoms with Crippen molar-refractivity contribution < 1.29 is 9.53 Å². The van der Waals surface area contributed by atoms with E-state index in [2.05, 4.69) is 5.32 Å². The van der Waals surface area contributed by atoms with Crippen LogP contribution in [-0.4, -0.2) is 24.2 Å². The lowest BCUT2D eigenvalue weighted by molar-refractivity contribution is -0.121. The van der Waals surface area contributed by atoms with Gasteiger partial charge >= 0.3 is 0 Å². The van der Waals surface area contributed by atoms with E-state index < -0.39 is 0 Å². The molecular weight excluding hydrogens is 308 g/mol. The number of aryl methyl sites for hydroxylation is 1. The Morgan fingerprint density at radius 1 is 1.13 bits per heavy atom. The second-order valence-corrected chi connectivity index (χ2v) is 5.37. The molecule has 0 atom stereocenters. The number of hydrogen-bond acceptors (Lipinski definition) is 3. The van der Waals surface area contributed by atoms with Crippen LogP contribution in [-0.2, 0) is 4.79 Å². The van der Waals surface area contributed by atoms with Crippen molar-refractivity contribution in [2.45, 2.75) is 13.8 Å². The summed E-state index contributed by atoms with van der Waals surface area (Å²) < 4.78 is 5.53. The van der Waals surface area contributed by atoms with E-state index in [1.54, 1.807) is 0 Å². The molecule has 0 saturated heterocycles. The maximum atomic E-state index is 12.0. The highest BCUT2D eigenvalue weighted by atomic mass is 32.1. The average molecular weight is 328 g/mol. The highest BCUT2D eigenvalue weighted by Crippen LogP contribution is 2.16. The van der Waals surface area contributed by atoms with Crippen LogP contribution >= 0.6 is 12.2 Å². The number of carbonyl (C=O) groups excluding carboxylic acids is 1. The highest BCUT2D eigenvalue weighted by molar-refractivity contribution is 7.80. The Kier molecular flexibility index (Phi) is 6.11. The second-order valence-electron chi connectivity index (χ2n) is 4.99. The van der Waals surface area contributed by atoms with E-state index in [1.165, 1.54) is 0 Å². The predicted octanol–water partition coefficient (Wildman–Crippen LogP) is 3.30. The third kappa shape index (κ3) is 4.79. The lowest BCUT2D eigenvalue weighted by atomic mass is 10.2. The zero-order valence-electron chi connectivity index (χ0n) is 13.3. The van der Waals surface area contributed by atoms with Crippen molar-refractivity contribution >= 4 is 28.9 Å². The fraction of sp³-hybridized carbons (Fsp3) is 0.222. The maximum absolute atomic E-state index is 12.0. The molecule has 0 aliphatic heterocycles. The number of ether oxygens (including phenoxy) is 1. The van der Waals surface area contributed by atoms with Crippen LogP contribution in [0.5, 0.6) is 5.75 Å². The maximum Gasteiger partial charge on any atom is 0.264 e. The van der Waals surface area contributed by atoms with Crippen molar-refractivity contribution in [2.75, 3.05) is 18.1 Å². The summed E-state index contributed by atoms with van der Waals surface area (Å²) in [6.45, 7) is 4.51. The normalized spacial score (nSPS) is 10.0. The summed E-state index contributed by atoms with van der Waals surface area (Å²) in [6.07, 6.45) is 0. The van der Waals surface area contributed by atoms with Crippen LogP contribution in [0.25, 0.3) is 0 Å². The van der Waals surface area contributed by atoms with Gasteiger partial charge in [-0.2, -0.15) is 0 Å². The van der Waals surface area contributed by atoms with Gasteiger partial charge in [0.15, 0.2) is 11.7 Å². The third-order valence-electron chi connectivity index (χ3n) is 3.33. The van der Waals surface area contributed by atoms with Gasteiger partial charge in [-0.3, -0.25) is 10.1 Å². The average Bonchev–Trinajstić information content (AvgIpc) is 2.56. The monoisotopic (exact) mass is 328 g/mol. The summed E-state index contributed by atoms with van der Waals surface area (Å²) in [6, 6.07) is 17.3. The van der Waals surface area contributed by atoms with Gasteiger partial charge in [-0.05, 0) is 49.8 Å². The number of carbonyl (C=O) groups is 1. The van der Waals surface area contributed by atoms with E-state index in [0.29, 0.717) is 17.4 Å². The molecule has 120 valence electrons. The van der Waals surface area contributed by atoms with Crippen LogP contribution in [0.3, 0.4) is 0 Å². The van der Waals surface area contributed by atoms with E-state index in [4.69, 9.17) is 17.0 Å².